The molecule has 3 aliphatic carbocycles. The van der Waals surface area contributed by atoms with E-state index >= 15 is 0 Å². The van der Waals surface area contributed by atoms with Gasteiger partial charge >= 0.3 is 0 Å². The molecule has 1 heterocycles. The molecule has 5 amide bonds. The smallest absolute Gasteiger partial charge is 0.289 e. The van der Waals surface area contributed by atoms with Gasteiger partial charge in [-0.1, -0.05) is 96.6 Å². The van der Waals surface area contributed by atoms with Crippen LogP contribution in [0.3, 0.4) is 0 Å². The molecule has 5 N–H and O–H groups in total. The zero-order valence-corrected chi connectivity index (χ0v) is 32.2. The fourth-order valence-electron chi connectivity index (χ4n) is 8.55. The number of carbonyl (C=O) groups excluding carboxylic acids is 6. The Morgan fingerprint density at radius 1 is 0.830 bits per heavy atom. The number of hydrogen-bond acceptors (Lipinski definition) is 7. The van der Waals surface area contributed by atoms with E-state index in [9.17, 15) is 33.9 Å². The second-order valence-corrected chi connectivity index (χ2v) is 17.2. The number of benzene rings is 1. The summed E-state index contributed by atoms with van der Waals surface area (Å²) in [4.78, 5) is 84.7. The molecule has 7 atom stereocenters. The van der Waals surface area contributed by atoms with Gasteiger partial charge in [-0.25, -0.2) is 0 Å². The number of aliphatic hydroxyl groups is 1. The minimum absolute atomic E-state index is 0.00286. The van der Waals surface area contributed by atoms with Gasteiger partial charge in [-0.3, -0.25) is 28.8 Å². The summed E-state index contributed by atoms with van der Waals surface area (Å²) in [5, 5.41) is 22.8. The van der Waals surface area contributed by atoms with Crippen LogP contribution in [-0.2, 0) is 34.4 Å². The van der Waals surface area contributed by atoms with E-state index in [1.165, 1.54) is 6.92 Å². The van der Waals surface area contributed by atoms with Crippen LogP contribution in [0.25, 0.3) is 0 Å². The van der Waals surface area contributed by atoms with Crippen molar-refractivity contribution in [2.75, 3.05) is 0 Å². The molecule has 3 unspecified atom stereocenters. The normalized spacial score (nSPS) is 24.8. The molecular weight excluding hydrogens is 674 g/mol. The van der Waals surface area contributed by atoms with Crippen molar-refractivity contribution >= 4 is 35.3 Å². The number of fused-ring (bicyclic) bond motifs is 1. The van der Waals surface area contributed by atoms with Gasteiger partial charge in [-0.05, 0) is 81.1 Å². The molecule has 3 saturated carbocycles. The Labute approximate surface area is 314 Å². The third-order valence-electron chi connectivity index (χ3n) is 11.9. The summed E-state index contributed by atoms with van der Waals surface area (Å²) < 4.78 is 0. The molecule has 53 heavy (non-hydrogen) atoms. The number of nitrogens with one attached hydrogen (secondary N) is 4. The summed E-state index contributed by atoms with van der Waals surface area (Å²) in [6.07, 6.45) is 10.7. The first-order chi connectivity index (χ1) is 25.1. The van der Waals surface area contributed by atoms with Crippen molar-refractivity contribution in [3.05, 3.63) is 35.9 Å². The molecule has 4 aliphatic rings. The second kappa shape index (κ2) is 17.1. The number of rotatable bonds is 14. The standard InChI is InChI=1S/C41H61N5O7/c1-6-15-29(33(47)37(50)42-28-22-23-28)43-35(48)31-24-26-18-13-14-21-30(26)46(31)38(51)34(40(2,3)4)45-36(49)32(25-16-9-7-10-17-25)44-39(52)41(5,53)27-19-11-8-12-20-27/h8,11-12,19-20,25-26,28-32,34,53H,6-7,9-10,13-18,21-24H2,1-5H3,(H,42,50)(H,43,48)(H,44,52)(H,45,49)/t26?,29-,30?,31-,32?,34+,41-/m0/s1. The fourth-order valence-corrected chi connectivity index (χ4v) is 8.55. The lowest BCUT2D eigenvalue weighted by molar-refractivity contribution is -0.148. The Kier molecular flexibility index (Phi) is 13.0. The van der Waals surface area contributed by atoms with E-state index in [-0.39, 0.29) is 29.8 Å². The Hall–Kier alpha value is -3.80. The monoisotopic (exact) mass is 735 g/mol. The molecule has 1 aliphatic heterocycles. The summed E-state index contributed by atoms with van der Waals surface area (Å²) in [5.41, 5.74) is -2.27. The Balaban J connectivity index is 1.39. The molecule has 12 nitrogen and oxygen atoms in total. The molecule has 4 fully saturated rings. The highest BCUT2D eigenvalue weighted by molar-refractivity contribution is 6.38. The number of nitrogens with zero attached hydrogens (tertiary/aromatic N) is 1. The minimum Gasteiger partial charge on any atom is -0.376 e. The second-order valence-electron chi connectivity index (χ2n) is 17.2. The maximum atomic E-state index is 14.9. The highest BCUT2D eigenvalue weighted by Gasteiger charge is 2.51. The third-order valence-corrected chi connectivity index (χ3v) is 11.9. The van der Waals surface area contributed by atoms with Crippen LogP contribution >= 0.6 is 0 Å². The summed E-state index contributed by atoms with van der Waals surface area (Å²) in [5.74, 6) is -3.51. The lowest BCUT2D eigenvalue weighted by Crippen LogP contribution is -2.63. The van der Waals surface area contributed by atoms with Gasteiger partial charge in [0.2, 0.25) is 23.5 Å². The predicted molar refractivity (Wildman–Crippen MR) is 200 cm³/mol. The number of hydrogen-bond donors (Lipinski definition) is 5. The molecule has 5 rings (SSSR count). The van der Waals surface area contributed by atoms with Gasteiger partial charge in [0.05, 0.1) is 6.04 Å². The van der Waals surface area contributed by atoms with Crippen molar-refractivity contribution in [3.63, 3.8) is 0 Å². The van der Waals surface area contributed by atoms with E-state index in [4.69, 9.17) is 0 Å². The van der Waals surface area contributed by atoms with Crippen LogP contribution < -0.4 is 21.3 Å². The molecule has 1 saturated heterocycles. The fraction of sp³-hybridized carbons (Fsp3) is 0.707. The summed E-state index contributed by atoms with van der Waals surface area (Å²) >= 11 is 0. The van der Waals surface area contributed by atoms with Gasteiger partial charge in [-0.15, -0.1) is 0 Å². The number of carbonyl (C=O) groups is 6. The molecule has 0 spiro atoms. The molecule has 12 heteroatoms. The largest absolute Gasteiger partial charge is 0.376 e. The van der Waals surface area contributed by atoms with E-state index < -0.39 is 64.6 Å². The van der Waals surface area contributed by atoms with Crippen LogP contribution in [-0.4, -0.2) is 81.6 Å². The van der Waals surface area contributed by atoms with Gasteiger partial charge in [-0.2, -0.15) is 0 Å². The van der Waals surface area contributed by atoms with Crippen molar-refractivity contribution in [3.8, 4) is 0 Å². The van der Waals surface area contributed by atoms with Crippen molar-refractivity contribution in [2.45, 2.75) is 166 Å². The first-order valence-electron chi connectivity index (χ1n) is 20.0. The summed E-state index contributed by atoms with van der Waals surface area (Å²) in [6.45, 7) is 8.88. The third kappa shape index (κ3) is 9.66. The van der Waals surface area contributed by atoms with Crippen LogP contribution in [0, 0.1) is 17.3 Å². The van der Waals surface area contributed by atoms with Crippen LogP contribution in [0.2, 0.25) is 0 Å². The molecule has 0 bridgehead atoms. The van der Waals surface area contributed by atoms with Crippen molar-refractivity contribution in [1.29, 1.82) is 0 Å². The summed E-state index contributed by atoms with van der Waals surface area (Å²) in [7, 11) is 0. The van der Waals surface area contributed by atoms with E-state index in [1.807, 2.05) is 27.7 Å². The summed E-state index contributed by atoms with van der Waals surface area (Å²) in [6, 6.07) is 4.48. The molecule has 0 aromatic heterocycles. The molecule has 1 aromatic carbocycles. The first-order valence-corrected chi connectivity index (χ1v) is 20.0. The average molecular weight is 736 g/mol. The SMILES string of the molecule is CCC[C@H](NC(=O)[C@@H]1CC2CCCCC2N1C(=O)[C@@H](NC(=O)C(NC(=O)[C@@](C)(O)c1ccccc1)C1CCCCC1)C(C)(C)C)C(=O)C(=O)NC1CC1. The molecule has 292 valence electrons. The zero-order chi connectivity index (χ0) is 38.5. The number of likely N-dealkylation sites (tertiary alicyclic amines) is 1. The highest BCUT2D eigenvalue weighted by atomic mass is 16.3. The quantitative estimate of drug-likeness (QED) is 0.181. The maximum absolute atomic E-state index is 14.9. The van der Waals surface area contributed by atoms with E-state index in [1.54, 1.807) is 35.2 Å². The van der Waals surface area contributed by atoms with Crippen LogP contribution in [0.15, 0.2) is 30.3 Å². The lowest BCUT2D eigenvalue weighted by Gasteiger charge is -2.41. The van der Waals surface area contributed by atoms with E-state index in [0.29, 0.717) is 37.7 Å². The molecule has 0 radical (unpaired) electrons. The molecule has 1 aromatic rings. The van der Waals surface area contributed by atoms with Gasteiger partial charge < -0.3 is 31.3 Å². The van der Waals surface area contributed by atoms with Crippen molar-refractivity contribution in [1.82, 2.24) is 26.2 Å². The average Bonchev–Trinajstić information content (AvgIpc) is 3.87. The Bertz CT molecular complexity index is 1500. The lowest BCUT2D eigenvalue weighted by atomic mass is 9.81. The van der Waals surface area contributed by atoms with Crippen LogP contribution in [0.1, 0.15) is 130 Å². The van der Waals surface area contributed by atoms with Gasteiger partial charge in [0.15, 0.2) is 5.60 Å². The maximum Gasteiger partial charge on any atom is 0.289 e. The zero-order valence-electron chi connectivity index (χ0n) is 32.2. The Morgan fingerprint density at radius 3 is 2.09 bits per heavy atom. The van der Waals surface area contributed by atoms with E-state index in [0.717, 1.165) is 57.8 Å². The predicted octanol–water partition coefficient (Wildman–Crippen LogP) is 3.78. The number of ketones is 1. The van der Waals surface area contributed by atoms with Crippen molar-refractivity contribution in [2.24, 2.45) is 17.3 Å². The van der Waals surface area contributed by atoms with Gasteiger partial charge in [0, 0.05) is 12.1 Å². The number of Topliss-reactive ketones (excluding diaryl/α,β-unsaturated/α-hetero) is 1. The highest BCUT2D eigenvalue weighted by Crippen LogP contribution is 2.41. The van der Waals surface area contributed by atoms with Crippen LogP contribution in [0.4, 0.5) is 0 Å². The van der Waals surface area contributed by atoms with Gasteiger partial charge in [0.1, 0.15) is 18.1 Å². The minimum atomic E-state index is -1.89. The first kappa shape index (κ1) is 40.4. The topological polar surface area (TPSA) is 174 Å². The van der Waals surface area contributed by atoms with Gasteiger partial charge in [0.25, 0.3) is 11.8 Å². The van der Waals surface area contributed by atoms with Crippen LogP contribution in [0.5, 0.6) is 0 Å². The number of amides is 5. The Morgan fingerprint density at radius 2 is 1.47 bits per heavy atom. The van der Waals surface area contributed by atoms with E-state index in [2.05, 4.69) is 21.3 Å². The molecular formula is C41H61N5O7. The van der Waals surface area contributed by atoms with Crippen molar-refractivity contribution < 1.29 is 33.9 Å².